The minimum Gasteiger partial charge on any atom is -0.372 e. The molecule has 1 aliphatic heterocycles. The van der Waals surface area contributed by atoms with Gasteiger partial charge in [-0.1, -0.05) is 26.8 Å². The maximum Gasteiger partial charge on any atom is 0.0707 e. The summed E-state index contributed by atoms with van der Waals surface area (Å²) in [7, 11) is 0. The normalized spacial score (nSPS) is 24.1. The van der Waals surface area contributed by atoms with E-state index in [0.717, 1.165) is 26.2 Å². The third-order valence-corrected chi connectivity index (χ3v) is 3.34. The van der Waals surface area contributed by atoms with Crippen molar-refractivity contribution in [2.45, 2.75) is 58.3 Å². The maximum atomic E-state index is 6.10. The summed E-state index contributed by atoms with van der Waals surface area (Å²) >= 11 is 0. The van der Waals surface area contributed by atoms with Gasteiger partial charge >= 0.3 is 0 Å². The molecule has 106 valence electrons. The van der Waals surface area contributed by atoms with Crippen LogP contribution in [0.5, 0.6) is 0 Å². The Morgan fingerprint density at radius 3 is 2.72 bits per heavy atom. The minimum atomic E-state index is 0.407. The first kappa shape index (κ1) is 15.7. The summed E-state index contributed by atoms with van der Waals surface area (Å²) in [5, 5.41) is 3.46. The molecule has 2 unspecified atom stereocenters. The number of rotatable bonds is 9. The number of hydrogen-bond donors (Lipinski definition) is 1. The van der Waals surface area contributed by atoms with Crippen LogP contribution in [-0.4, -0.2) is 49.3 Å². The second-order valence-electron chi connectivity index (χ2n) is 5.57. The summed E-state index contributed by atoms with van der Waals surface area (Å²) in [6, 6.07) is 0.546. The Morgan fingerprint density at radius 1 is 1.39 bits per heavy atom. The summed E-state index contributed by atoms with van der Waals surface area (Å²) in [6.07, 6.45) is 6.39. The Morgan fingerprint density at radius 2 is 2.11 bits per heavy atom. The van der Waals surface area contributed by atoms with Crippen LogP contribution in [0.3, 0.4) is 0 Å². The standard InChI is InChI=1S/C15H30N2O/c1-5-9-17(10-6-2)12-15-8-7-14(18-15)11-16-13(3)4/h5,13-16H,1,6-12H2,2-4H3. The topological polar surface area (TPSA) is 24.5 Å². The van der Waals surface area contributed by atoms with Gasteiger partial charge in [0.1, 0.15) is 0 Å². The zero-order valence-electron chi connectivity index (χ0n) is 12.3. The molecule has 1 N–H and O–H groups in total. The molecule has 1 heterocycles. The van der Waals surface area contributed by atoms with E-state index in [4.69, 9.17) is 4.74 Å². The summed E-state index contributed by atoms with van der Waals surface area (Å²) in [5.41, 5.74) is 0. The average Bonchev–Trinajstić information content (AvgIpc) is 2.75. The Hall–Kier alpha value is -0.380. The molecule has 0 aromatic rings. The number of nitrogens with one attached hydrogen (secondary N) is 1. The van der Waals surface area contributed by atoms with Crippen LogP contribution in [0, 0.1) is 0 Å². The van der Waals surface area contributed by atoms with E-state index in [1.807, 2.05) is 6.08 Å². The molecule has 1 fully saturated rings. The smallest absolute Gasteiger partial charge is 0.0707 e. The fourth-order valence-corrected chi connectivity index (χ4v) is 2.48. The van der Waals surface area contributed by atoms with E-state index in [1.54, 1.807) is 0 Å². The fraction of sp³-hybridized carbons (Fsp3) is 0.867. The highest BCUT2D eigenvalue weighted by molar-refractivity contribution is 4.81. The van der Waals surface area contributed by atoms with Crippen molar-refractivity contribution in [3.05, 3.63) is 12.7 Å². The van der Waals surface area contributed by atoms with Crippen molar-refractivity contribution in [2.75, 3.05) is 26.2 Å². The third-order valence-electron chi connectivity index (χ3n) is 3.34. The van der Waals surface area contributed by atoms with E-state index in [-0.39, 0.29) is 0 Å². The van der Waals surface area contributed by atoms with Crippen LogP contribution in [0.15, 0.2) is 12.7 Å². The van der Waals surface area contributed by atoms with Gasteiger partial charge in [0.15, 0.2) is 0 Å². The van der Waals surface area contributed by atoms with Crippen LogP contribution < -0.4 is 5.32 Å². The first-order chi connectivity index (χ1) is 8.65. The molecule has 0 aromatic heterocycles. The van der Waals surface area contributed by atoms with Crippen molar-refractivity contribution in [2.24, 2.45) is 0 Å². The van der Waals surface area contributed by atoms with Gasteiger partial charge in [0.05, 0.1) is 12.2 Å². The molecule has 1 aliphatic rings. The third kappa shape index (κ3) is 5.98. The van der Waals surface area contributed by atoms with E-state index in [2.05, 4.69) is 37.6 Å². The fourth-order valence-electron chi connectivity index (χ4n) is 2.48. The SMILES string of the molecule is C=CCN(CCC)CC1CCC(CNC(C)C)O1. The van der Waals surface area contributed by atoms with Crippen LogP contribution in [0.1, 0.15) is 40.0 Å². The summed E-state index contributed by atoms with van der Waals surface area (Å²) in [5.74, 6) is 0. The predicted molar refractivity (Wildman–Crippen MR) is 78.0 cm³/mol. The Bertz CT molecular complexity index is 231. The first-order valence-corrected chi connectivity index (χ1v) is 7.37. The van der Waals surface area contributed by atoms with Gasteiger partial charge in [-0.25, -0.2) is 0 Å². The van der Waals surface area contributed by atoms with Crippen LogP contribution in [0.25, 0.3) is 0 Å². The van der Waals surface area contributed by atoms with E-state index in [9.17, 15) is 0 Å². The quantitative estimate of drug-likeness (QED) is 0.640. The van der Waals surface area contributed by atoms with Crippen molar-refractivity contribution in [1.82, 2.24) is 10.2 Å². The zero-order valence-corrected chi connectivity index (χ0v) is 12.3. The average molecular weight is 254 g/mol. The Labute approximate surface area is 113 Å². The molecule has 0 bridgehead atoms. The van der Waals surface area contributed by atoms with Crippen LogP contribution in [-0.2, 0) is 4.74 Å². The molecule has 18 heavy (non-hydrogen) atoms. The van der Waals surface area contributed by atoms with Gasteiger partial charge in [0, 0.05) is 25.7 Å². The molecule has 0 spiro atoms. The lowest BCUT2D eigenvalue weighted by Gasteiger charge is -2.24. The number of nitrogens with zero attached hydrogens (tertiary/aromatic N) is 1. The van der Waals surface area contributed by atoms with E-state index in [0.29, 0.717) is 18.2 Å². The molecular formula is C15H30N2O. The highest BCUT2D eigenvalue weighted by Gasteiger charge is 2.26. The molecule has 0 aliphatic carbocycles. The highest BCUT2D eigenvalue weighted by Crippen LogP contribution is 2.20. The minimum absolute atomic E-state index is 0.407. The summed E-state index contributed by atoms with van der Waals surface area (Å²) in [4.78, 5) is 2.44. The predicted octanol–water partition coefficient (Wildman–Crippen LogP) is 2.43. The number of hydrogen-bond acceptors (Lipinski definition) is 3. The van der Waals surface area contributed by atoms with Gasteiger partial charge in [-0.3, -0.25) is 4.90 Å². The molecule has 0 amide bonds. The van der Waals surface area contributed by atoms with E-state index < -0.39 is 0 Å². The summed E-state index contributed by atoms with van der Waals surface area (Å²) in [6.45, 7) is 14.6. The van der Waals surface area contributed by atoms with Crippen molar-refractivity contribution >= 4 is 0 Å². The van der Waals surface area contributed by atoms with Gasteiger partial charge in [-0.15, -0.1) is 6.58 Å². The molecule has 3 nitrogen and oxygen atoms in total. The maximum absolute atomic E-state index is 6.10. The second-order valence-corrected chi connectivity index (χ2v) is 5.57. The van der Waals surface area contributed by atoms with Crippen molar-refractivity contribution in [3.8, 4) is 0 Å². The van der Waals surface area contributed by atoms with Crippen molar-refractivity contribution in [1.29, 1.82) is 0 Å². The number of ether oxygens (including phenoxy) is 1. The lowest BCUT2D eigenvalue weighted by atomic mass is 10.2. The van der Waals surface area contributed by atoms with Gasteiger partial charge < -0.3 is 10.1 Å². The van der Waals surface area contributed by atoms with Crippen molar-refractivity contribution < 1.29 is 4.74 Å². The lowest BCUT2D eigenvalue weighted by molar-refractivity contribution is 0.0246. The van der Waals surface area contributed by atoms with Crippen LogP contribution in [0.2, 0.25) is 0 Å². The first-order valence-electron chi connectivity index (χ1n) is 7.37. The monoisotopic (exact) mass is 254 g/mol. The molecule has 0 aromatic carbocycles. The Balaban J connectivity index is 2.25. The van der Waals surface area contributed by atoms with Crippen LogP contribution >= 0.6 is 0 Å². The van der Waals surface area contributed by atoms with Gasteiger partial charge in [0.25, 0.3) is 0 Å². The lowest BCUT2D eigenvalue weighted by Crippen LogP contribution is -2.35. The molecule has 0 radical (unpaired) electrons. The van der Waals surface area contributed by atoms with Gasteiger partial charge in [0.2, 0.25) is 0 Å². The molecule has 3 heteroatoms. The van der Waals surface area contributed by atoms with Crippen molar-refractivity contribution in [3.63, 3.8) is 0 Å². The van der Waals surface area contributed by atoms with Gasteiger partial charge in [-0.05, 0) is 25.8 Å². The second kappa shape index (κ2) is 8.68. The van der Waals surface area contributed by atoms with Gasteiger partial charge in [-0.2, -0.15) is 0 Å². The molecule has 1 saturated heterocycles. The van der Waals surface area contributed by atoms with E-state index >= 15 is 0 Å². The molecule has 0 saturated carbocycles. The Kier molecular flexibility index (Phi) is 7.56. The van der Waals surface area contributed by atoms with Crippen LogP contribution in [0.4, 0.5) is 0 Å². The molecule has 2 atom stereocenters. The molecule has 1 rings (SSSR count). The zero-order chi connectivity index (χ0) is 13.4. The largest absolute Gasteiger partial charge is 0.372 e. The summed E-state index contributed by atoms with van der Waals surface area (Å²) < 4.78 is 6.10. The van der Waals surface area contributed by atoms with E-state index in [1.165, 1.54) is 19.3 Å². The molecular weight excluding hydrogens is 224 g/mol. The highest BCUT2D eigenvalue weighted by atomic mass is 16.5.